The molecule has 3 rings (SSSR count). The number of fused-ring (bicyclic) bond motifs is 2. The van der Waals surface area contributed by atoms with Gasteiger partial charge in [-0.2, -0.15) is 0 Å². The van der Waals surface area contributed by atoms with E-state index in [1.165, 1.54) is 39.2 Å². The van der Waals surface area contributed by atoms with Crippen molar-refractivity contribution < 1.29 is 9.53 Å². The minimum atomic E-state index is -0.0622. The summed E-state index contributed by atoms with van der Waals surface area (Å²) in [6, 6.07) is 0. The van der Waals surface area contributed by atoms with E-state index in [1.807, 2.05) is 0 Å². The van der Waals surface area contributed by atoms with Gasteiger partial charge in [0.1, 0.15) is 0 Å². The Bertz CT molecular complexity index is 458. The molecule has 1 saturated heterocycles. The number of guanidine groups is 1. The lowest BCUT2D eigenvalue weighted by Gasteiger charge is -2.33. The Labute approximate surface area is 146 Å². The molecular formula is C19H33N3O2. The molecule has 2 saturated carbocycles. The molecule has 24 heavy (non-hydrogen) atoms. The van der Waals surface area contributed by atoms with Crippen molar-refractivity contribution in [1.29, 1.82) is 0 Å². The van der Waals surface area contributed by atoms with E-state index in [1.54, 1.807) is 0 Å². The number of methoxy groups -OCH3 is 1. The summed E-state index contributed by atoms with van der Waals surface area (Å²) in [6.45, 7) is 5.73. The summed E-state index contributed by atoms with van der Waals surface area (Å²) in [5.74, 6) is 3.96. The van der Waals surface area contributed by atoms with E-state index >= 15 is 0 Å². The Morgan fingerprint density at radius 1 is 1.21 bits per heavy atom. The zero-order chi connectivity index (χ0) is 16.9. The molecule has 2 aliphatic carbocycles. The molecule has 0 amide bonds. The number of carbonyl (C=O) groups excluding carboxylic acids is 1. The number of hydrogen-bond acceptors (Lipinski definition) is 3. The lowest BCUT2D eigenvalue weighted by molar-refractivity contribution is -0.146. The minimum absolute atomic E-state index is 0.0585. The Morgan fingerprint density at radius 3 is 2.58 bits per heavy atom. The summed E-state index contributed by atoms with van der Waals surface area (Å²) in [5, 5.41) is 3.43. The topological polar surface area (TPSA) is 53.9 Å². The molecule has 5 nitrogen and oxygen atoms in total. The molecule has 0 aromatic heterocycles. The normalized spacial score (nSPS) is 30.7. The van der Waals surface area contributed by atoms with Gasteiger partial charge >= 0.3 is 5.97 Å². The quantitative estimate of drug-likeness (QED) is 0.477. The maximum Gasteiger partial charge on any atom is 0.308 e. The van der Waals surface area contributed by atoms with Gasteiger partial charge in [0.25, 0.3) is 0 Å². The summed E-state index contributed by atoms with van der Waals surface area (Å²) in [7, 11) is 1.48. The lowest BCUT2D eigenvalue weighted by atomic mass is 9.86. The van der Waals surface area contributed by atoms with Crippen molar-refractivity contribution in [2.45, 2.75) is 51.9 Å². The molecule has 1 heterocycles. The van der Waals surface area contributed by atoms with Crippen molar-refractivity contribution in [3.63, 3.8) is 0 Å². The molecule has 0 aromatic carbocycles. The van der Waals surface area contributed by atoms with Gasteiger partial charge in [0.15, 0.2) is 5.96 Å². The molecule has 5 heteroatoms. The van der Waals surface area contributed by atoms with Crippen LogP contribution in [0.15, 0.2) is 4.99 Å². The van der Waals surface area contributed by atoms with Gasteiger partial charge in [0, 0.05) is 26.2 Å². The molecule has 1 N–H and O–H groups in total. The maximum absolute atomic E-state index is 11.7. The summed E-state index contributed by atoms with van der Waals surface area (Å²) in [6.07, 6.45) is 8.83. The lowest BCUT2D eigenvalue weighted by Crippen LogP contribution is -2.46. The first-order valence-electron chi connectivity index (χ1n) is 9.82. The standard InChI is InChI=1S/C19H33N3O2/c1-3-20-19(22-10-7-15(8-11-22)18(23)24-2)21-9-6-17-13-14-4-5-16(17)12-14/h14-17H,3-13H2,1-2H3,(H,20,21). The predicted octanol–water partition coefficient (Wildman–Crippen LogP) is 2.66. The van der Waals surface area contributed by atoms with E-state index in [0.29, 0.717) is 0 Å². The number of esters is 1. The van der Waals surface area contributed by atoms with Crippen LogP contribution in [-0.4, -0.2) is 50.1 Å². The highest BCUT2D eigenvalue weighted by Crippen LogP contribution is 2.49. The second-order valence-corrected chi connectivity index (χ2v) is 7.74. The highest BCUT2D eigenvalue weighted by atomic mass is 16.5. The van der Waals surface area contributed by atoms with Gasteiger partial charge in [-0.15, -0.1) is 0 Å². The van der Waals surface area contributed by atoms with E-state index < -0.39 is 0 Å². The maximum atomic E-state index is 11.7. The van der Waals surface area contributed by atoms with Crippen LogP contribution in [0.1, 0.15) is 51.9 Å². The Morgan fingerprint density at radius 2 is 2.00 bits per heavy atom. The Balaban J connectivity index is 1.48. The summed E-state index contributed by atoms with van der Waals surface area (Å²) >= 11 is 0. The molecule has 0 spiro atoms. The van der Waals surface area contributed by atoms with Crippen LogP contribution in [0.25, 0.3) is 0 Å². The molecule has 3 unspecified atom stereocenters. The van der Waals surface area contributed by atoms with E-state index in [4.69, 9.17) is 9.73 Å². The number of piperidine rings is 1. The van der Waals surface area contributed by atoms with E-state index in [9.17, 15) is 4.79 Å². The number of ether oxygens (including phenoxy) is 1. The average molecular weight is 335 g/mol. The van der Waals surface area contributed by atoms with Crippen LogP contribution in [0.5, 0.6) is 0 Å². The predicted molar refractivity (Wildman–Crippen MR) is 95.8 cm³/mol. The van der Waals surface area contributed by atoms with Gasteiger partial charge in [-0.1, -0.05) is 6.42 Å². The van der Waals surface area contributed by atoms with Crippen LogP contribution in [-0.2, 0) is 9.53 Å². The van der Waals surface area contributed by atoms with Crippen LogP contribution in [0, 0.1) is 23.7 Å². The van der Waals surface area contributed by atoms with Gasteiger partial charge in [-0.25, -0.2) is 0 Å². The Hall–Kier alpha value is -1.26. The van der Waals surface area contributed by atoms with Crippen LogP contribution in [0.2, 0.25) is 0 Å². The van der Waals surface area contributed by atoms with Gasteiger partial charge in [0.2, 0.25) is 0 Å². The zero-order valence-electron chi connectivity index (χ0n) is 15.3. The summed E-state index contributed by atoms with van der Waals surface area (Å²) < 4.78 is 4.88. The number of carbonyl (C=O) groups is 1. The fourth-order valence-electron chi connectivity index (χ4n) is 4.99. The molecule has 1 aliphatic heterocycles. The van der Waals surface area contributed by atoms with Crippen molar-refractivity contribution in [3.05, 3.63) is 0 Å². The summed E-state index contributed by atoms with van der Waals surface area (Å²) in [4.78, 5) is 18.9. The fraction of sp³-hybridized carbons (Fsp3) is 0.895. The first-order valence-corrected chi connectivity index (χ1v) is 9.82. The van der Waals surface area contributed by atoms with Crippen molar-refractivity contribution >= 4 is 11.9 Å². The number of rotatable bonds is 5. The van der Waals surface area contributed by atoms with E-state index in [0.717, 1.165) is 62.7 Å². The van der Waals surface area contributed by atoms with Gasteiger partial charge in [0.05, 0.1) is 13.0 Å². The third-order valence-electron chi connectivity index (χ3n) is 6.31. The number of nitrogens with one attached hydrogen (secondary N) is 1. The molecule has 3 fully saturated rings. The van der Waals surface area contributed by atoms with E-state index in [2.05, 4.69) is 17.1 Å². The highest BCUT2D eigenvalue weighted by Gasteiger charge is 2.38. The average Bonchev–Trinajstić information content (AvgIpc) is 3.23. The minimum Gasteiger partial charge on any atom is -0.469 e. The van der Waals surface area contributed by atoms with Crippen molar-refractivity contribution in [2.24, 2.45) is 28.7 Å². The zero-order valence-corrected chi connectivity index (χ0v) is 15.3. The van der Waals surface area contributed by atoms with Crippen molar-refractivity contribution in [3.8, 4) is 0 Å². The largest absolute Gasteiger partial charge is 0.469 e. The number of nitrogens with zero attached hydrogens (tertiary/aromatic N) is 2. The first kappa shape index (κ1) is 17.6. The molecule has 0 aromatic rings. The highest BCUT2D eigenvalue weighted by molar-refractivity contribution is 5.80. The molecule has 0 radical (unpaired) electrons. The Kier molecular flexibility index (Phi) is 6.01. The van der Waals surface area contributed by atoms with Crippen LogP contribution in [0.4, 0.5) is 0 Å². The van der Waals surface area contributed by atoms with Crippen LogP contribution >= 0.6 is 0 Å². The van der Waals surface area contributed by atoms with Gasteiger partial charge in [-0.3, -0.25) is 9.79 Å². The number of hydrogen-bond donors (Lipinski definition) is 1. The number of aliphatic imine (C=N–C) groups is 1. The third kappa shape index (κ3) is 4.04. The summed E-state index contributed by atoms with van der Waals surface area (Å²) in [5.41, 5.74) is 0. The molecule has 2 bridgehead atoms. The molecular weight excluding hydrogens is 302 g/mol. The molecule has 3 atom stereocenters. The third-order valence-corrected chi connectivity index (χ3v) is 6.31. The van der Waals surface area contributed by atoms with Gasteiger partial charge in [-0.05, 0) is 63.2 Å². The first-order chi connectivity index (χ1) is 11.7. The van der Waals surface area contributed by atoms with Crippen molar-refractivity contribution in [2.75, 3.05) is 33.3 Å². The second kappa shape index (κ2) is 8.21. The van der Waals surface area contributed by atoms with Crippen LogP contribution in [0.3, 0.4) is 0 Å². The monoisotopic (exact) mass is 335 g/mol. The molecule has 136 valence electrons. The SMILES string of the molecule is CCNC(=NCCC1CC2CCC1C2)N1CCC(C(=O)OC)CC1. The molecule has 3 aliphatic rings. The van der Waals surface area contributed by atoms with Crippen LogP contribution < -0.4 is 5.32 Å². The fourth-order valence-corrected chi connectivity index (χ4v) is 4.99. The number of likely N-dealkylation sites (tertiary alicyclic amines) is 1. The van der Waals surface area contributed by atoms with Gasteiger partial charge < -0.3 is 15.0 Å². The van der Waals surface area contributed by atoms with Crippen molar-refractivity contribution in [1.82, 2.24) is 10.2 Å². The van der Waals surface area contributed by atoms with E-state index in [-0.39, 0.29) is 11.9 Å². The smallest absolute Gasteiger partial charge is 0.308 e. The second-order valence-electron chi connectivity index (χ2n) is 7.74.